The number of nitrogens with zero attached hydrogens (tertiary/aromatic N) is 3. The normalized spacial score (nSPS) is 10.7. The Kier molecular flexibility index (Phi) is 4.49. The quantitative estimate of drug-likeness (QED) is 0.660. The van der Waals surface area contributed by atoms with Crippen LogP contribution in [0.4, 0.5) is 0 Å². The second-order valence-corrected chi connectivity index (χ2v) is 4.19. The predicted molar refractivity (Wildman–Crippen MR) is 75.7 cm³/mol. The minimum absolute atomic E-state index is 0.136. The number of aromatic nitrogens is 2. The number of amides is 1. The Hall–Kier alpha value is -2.63. The van der Waals surface area contributed by atoms with E-state index in [-0.39, 0.29) is 12.5 Å². The molecule has 0 aliphatic rings. The van der Waals surface area contributed by atoms with Gasteiger partial charge in [-0.2, -0.15) is 10.2 Å². The molecule has 1 amide bonds. The van der Waals surface area contributed by atoms with Crippen LogP contribution >= 0.6 is 0 Å². The zero-order valence-corrected chi connectivity index (χ0v) is 11.4. The molecule has 0 saturated heterocycles. The highest BCUT2D eigenvalue weighted by Gasteiger charge is 2.02. The number of hydrogen-bond donors (Lipinski definition) is 1. The van der Waals surface area contributed by atoms with E-state index in [0.29, 0.717) is 5.75 Å². The van der Waals surface area contributed by atoms with Gasteiger partial charge in [0.1, 0.15) is 12.3 Å². The Labute approximate surface area is 117 Å². The lowest BCUT2D eigenvalue weighted by Crippen LogP contribution is -2.23. The largest absolute Gasteiger partial charge is 0.496 e. The van der Waals surface area contributed by atoms with E-state index in [9.17, 15) is 4.79 Å². The molecule has 0 radical (unpaired) electrons. The van der Waals surface area contributed by atoms with E-state index in [1.807, 2.05) is 37.3 Å². The van der Waals surface area contributed by atoms with Crippen LogP contribution < -0.4 is 10.2 Å². The van der Waals surface area contributed by atoms with Crippen LogP contribution in [0.5, 0.6) is 5.75 Å². The van der Waals surface area contributed by atoms with Gasteiger partial charge in [0, 0.05) is 11.8 Å². The summed E-state index contributed by atoms with van der Waals surface area (Å²) < 4.78 is 6.74. The summed E-state index contributed by atoms with van der Waals surface area (Å²) in [7, 11) is 1.59. The molecule has 1 aromatic heterocycles. The van der Waals surface area contributed by atoms with E-state index < -0.39 is 0 Å². The van der Waals surface area contributed by atoms with Crippen molar-refractivity contribution in [2.45, 2.75) is 13.5 Å². The third kappa shape index (κ3) is 3.68. The lowest BCUT2D eigenvalue weighted by molar-refractivity contribution is -0.121. The number of aryl methyl sites for hydroxylation is 1. The summed E-state index contributed by atoms with van der Waals surface area (Å²) in [6.07, 6.45) is 3.30. The molecule has 0 bridgehead atoms. The van der Waals surface area contributed by atoms with Gasteiger partial charge in [0.2, 0.25) is 0 Å². The number of carbonyl (C=O) groups is 1. The van der Waals surface area contributed by atoms with Crippen LogP contribution in [-0.2, 0) is 11.3 Å². The Morgan fingerprint density at radius 3 is 2.95 bits per heavy atom. The van der Waals surface area contributed by atoms with Crippen molar-refractivity contribution in [2.75, 3.05) is 7.11 Å². The molecule has 0 atom stereocenters. The summed E-state index contributed by atoms with van der Waals surface area (Å²) in [5.74, 6) is 0.465. The van der Waals surface area contributed by atoms with Crippen molar-refractivity contribution >= 4 is 12.1 Å². The molecular formula is C14H16N4O2. The highest BCUT2D eigenvalue weighted by molar-refractivity contribution is 5.85. The number of methoxy groups -OCH3 is 1. The predicted octanol–water partition coefficient (Wildman–Crippen LogP) is 1.35. The molecule has 2 rings (SSSR count). The van der Waals surface area contributed by atoms with Crippen LogP contribution in [0.15, 0.2) is 41.6 Å². The fourth-order valence-corrected chi connectivity index (χ4v) is 1.68. The number of para-hydroxylation sites is 1. The van der Waals surface area contributed by atoms with E-state index in [0.717, 1.165) is 11.3 Å². The molecule has 20 heavy (non-hydrogen) atoms. The molecule has 2 aromatic rings. The summed E-state index contributed by atoms with van der Waals surface area (Å²) in [6, 6.07) is 9.26. The second kappa shape index (κ2) is 6.51. The average molecular weight is 272 g/mol. The highest BCUT2D eigenvalue weighted by Crippen LogP contribution is 2.14. The van der Waals surface area contributed by atoms with Crippen molar-refractivity contribution in [1.82, 2.24) is 15.2 Å². The number of benzene rings is 1. The standard InChI is InChI=1S/C14H16N4O2/c1-11-7-8-18(17-11)10-14(19)16-15-9-12-5-3-4-6-13(12)20-2/h3-9H,10H2,1-2H3,(H,16,19)/b15-9+. The fourth-order valence-electron chi connectivity index (χ4n) is 1.68. The molecule has 0 spiro atoms. The maximum atomic E-state index is 11.6. The molecular weight excluding hydrogens is 256 g/mol. The van der Waals surface area contributed by atoms with E-state index in [1.54, 1.807) is 24.2 Å². The maximum absolute atomic E-state index is 11.6. The van der Waals surface area contributed by atoms with Crippen LogP contribution in [0.2, 0.25) is 0 Å². The Balaban J connectivity index is 1.91. The summed E-state index contributed by atoms with van der Waals surface area (Å²) in [5.41, 5.74) is 4.12. The molecule has 0 aliphatic carbocycles. The minimum atomic E-state index is -0.237. The van der Waals surface area contributed by atoms with Crippen LogP contribution in [0.25, 0.3) is 0 Å². The summed E-state index contributed by atoms with van der Waals surface area (Å²) in [5, 5.41) is 8.04. The topological polar surface area (TPSA) is 68.5 Å². The Morgan fingerprint density at radius 1 is 1.45 bits per heavy atom. The SMILES string of the molecule is COc1ccccc1/C=N/NC(=O)Cn1ccc(C)n1. The molecule has 104 valence electrons. The highest BCUT2D eigenvalue weighted by atomic mass is 16.5. The van der Waals surface area contributed by atoms with E-state index >= 15 is 0 Å². The third-order valence-corrected chi connectivity index (χ3v) is 2.61. The van der Waals surface area contributed by atoms with Crippen molar-refractivity contribution in [1.29, 1.82) is 0 Å². The molecule has 6 heteroatoms. The number of hydrazone groups is 1. The van der Waals surface area contributed by atoms with Gasteiger partial charge in [-0.3, -0.25) is 9.48 Å². The van der Waals surface area contributed by atoms with Gasteiger partial charge in [-0.05, 0) is 25.1 Å². The van der Waals surface area contributed by atoms with Crippen molar-refractivity contribution < 1.29 is 9.53 Å². The molecule has 1 heterocycles. The maximum Gasteiger partial charge on any atom is 0.261 e. The molecule has 0 saturated carbocycles. The lowest BCUT2D eigenvalue weighted by atomic mass is 10.2. The summed E-state index contributed by atoms with van der Waals surface area (Å²) in [6.45, 7) is 2.01. The van der Waals surface area contributed by atoms with Crippen LogP contribution in [0, 0.1) is 6.92 Å². The zero-order chi connectivity index (χ0) is 14.4. The first-order valence-electron chi connectivity index (χ1n) is 6.14. The van der Waals surface area contributed by atoms with Gasteiger partial charge in [-0.1, -0.05) is 12.1 Å². The number of ether oxygens (including phenoxy) is 1. The monoisotopic (exact) mass is 272 g/mol. The number of carbonyl (C=O) groups excluding carboxylic acids is 1. The van der Waals surface area contributed by atoms with Gasteiger partial charge in [0.05, 0.1) is 19.0 Å². The van der Waals surface area contributed by atoms with Gasteiger partial charge in [0.25, 0.3) is 5.91 Å². The first-order valence-corrected chi connectivity index (χ1v) is 6.14. The number of rotatable bonds is 5. The summed E-state index contributed by atoms with van der Waals surface area (Å²) >= 11 is 0. The van der Waals surface area contributed by atoms with Crippen molar-refractivity contribution in [3.05, 3.63) is 47.8 Å². The zero-order valence-electron chi connectivity index (χ0n) is 11.4. The fraction of sp³-hybridized carbons (Fsp3) is 0.214. The molecule has 0 aliphatic heterocycles. The lowest BCUT2D eigenvalue weighted by Gasteiger charge is -2.03. The second-order valence-electron chi connectivity index (χ2n) is 4.19. The molecule has 0 unspecified atom stereocenters. The van der Waals surface area contributed by atoms with Crippen molar-refractivity contribution in [2.24, 2.45) is 5.10 Å². The van der Waals surface area contributed by atoms with Crippen molar-refractivity contribution in [3.8, 4) is 5.75 Å². The average Bonchev–Trinajstić information content (AvgIpc) is 2.84. The van der Waals surface area contributed by atoms with Crippen LogP contribution in [0.3, 0.4) is 0 Å². The first kappa shape index (κ1) is 13.8. The number of hydrogen-bond acceptors (Lipinski definition) is 4. The summed E-state index contributed by atoms with van der Waals surface area (Å²) in [4.78, 5) is 11.6. The van der Waals surface area contributed by atoms with Crippen LogP contribution in [0.1, 0.15) is 11.3 Å². The first-order chi connectivity index (χ1) is 9.69. The molecule has 6 nitrogen and oxygen atoms in total. The van der Waals surface area contributed by atoms with Gasteiger partial charge in [-0.15, -0.1) is 0 Å². The van der Waals surface area contributed by atoms with E-state index in [2.05, 4.69) is 15.6 Å². The van der Waals surface area contributed by atoms with Gasteiger partial charge >= 0.3 is 0 Å². The van der Waals surface area contributed by atoms with Crippen molar-refractivity contribution in [3.63, 3.8) is 0 Å². The van der Waals surface area contributed by atoms with E-state index in [1.165, 1.54) is 0 Å². The van der Waals surface area contributed by atoms with Gasteiger partial charge in [-0.25, -0.2) is 5.43 Å². The van der Waals surface area contributed by atoms with Gasteiger partial charge in [0.15, 0.2) is 0 Å². The van der Waals surface area contributed by atoms with Gasteiger partial charge < -0.3 is 4.74 Å². The molecule has 1 N–H and O–H groups in total. The van der Waals surface area contributed by atoms with E-state index in [4.69, 9.17) is 4.74 Å². The smallest absolute Gasteiger partial charge is 0.261 e. The van der Waals surface area contributed by atoms with Crippen LogP contribution in [-0.4, -0.2) is 29.0 Å². The Bertz CT molecular complexity index is 619. The third-order valence-electron chi connectivity index (χ3n) is 2.61. The molecule has 1 aromatic carbocycles. The molecule has 0 fully saturated rings. The number of nitrogens with one attached hydrogen (secondary N) is 1. The minimum Gasteiger partial charge on any atom is -0.496 e. The Morgan fingerprint density at radius 2 is 2.25 bits per heavy atom.